The second kappa shape index (κ2) is 12.6. The summed E-state index contributed by atoms with van der Waals surface area (Å²) in [5, 5.41) is 10.1. The molecule has 1 atom stereocenters. The zero-order valence-electron chi connectivity index (χ0n) is 22.4. The van der Waals surface area contributed by atoms with Crippen LogP contribution in [0.25, 0.3) is 6.08 Å². The standard InChI is InChI=1S/C30H37N7O2/c1-2-3-6-17-39-27-8-5-4-7-23(27)35-30-29-21(9-14-33-25(29)20-38)18-28(36-30)34-24-19-32-13-10-26(24)37-15-11-22(31)12-16-37/h4-5,7-10,13-14,18-20,22,25,33H,2-3,6,11-12,15-17,31H2,1H3,(H2,34,35,36). The Labute approximate surface area is 229 Å². The van der Waals surface area contributed by atoms with Crippen molar-refractivity contribution >= 4 is 41.1 Å². The van der Waals surface area contributed by atoms with Crippen LogP contribution in [-0.2, 0) is 4.79 Å². The van der Waals surface area contributed by atoms with E-state index in [0.29, 0.717) is 18.2 Å². The molecule has 2 aliphatic rings. The number of nitrogens with two attached hydrogens (primary N) is 1. The van der Waals surface area contributed by atoms with Crippen molar-refractivity contribution in [2.75, 3.05) is 35.2 Å². The number of piperidine rings is 1. The van der Waals surface area contributed by atoms with E-state index in [0.717, 1.165) is 85.4 Å². The van der Waals surface area contributed by atoms with Crippen molar-refractivity contribution in [3.05, 3.63) is 66.1 Å². The van der Waals surface area contributed by atoms with Gasteiger partial charge in [-0.05, 0) is 61.4 Å². The van der Waals surface area contributed by atoms with Gasteiger partial charge >= 0.3 is 0 Å². The molecule has 204 valence electrons. The van der Waals surface area contributed by atoms with Crippen molar-refractivity contribution in [2.24, 2.45) is 5.73 Å². The van der Waals surface area contributed by atoms with E-state index in [1.807, 2.05) is 54.9 Å². The number of carbonyl (C=O) groups is 1. The first kappa shape index (κ1) is 26.5. The van der Waals surface area contributed by atoms with Gasteiger partial charge in [0.15, 0.2) is 0 Å². The Morgan fingerprint density at radius 1 is 1.15 bits per heavy atom. The Morgan fingerprint density at radius 2 is 2.00 bits per heavy atom. The monoisotopic (exact) mass is 527 g/mol. The van der Waals surface area contributed by atoms with Gasteiger partial charge in [-0.1, -0.05) is 31.9 Å². The van der Waals surface area contributed by atoms with Gasteiger partial charge in [-0.15, -0.1) is 0 Å². The van der Waals surface area contributed by atoms with Gasteiger partial charge in [0.2, 0.25) is 0 Å². The number of unbranched alkanes of at least 4 members (excludes halogenated alkanes) is 2. The van der Waals surface area contributed by atoms with E-state index in [4.69, 9.17) is 15.5 Å². The summed E-state index contributed by atoms with van der Waals surface area (Å²) in [5.41, 5.74) is 10.6. The number of rotatable bonds is 11. The van der Waals surface area contributed by atoms with Gasteiger partial charge in [0.05, 0.1) is 29.9 Å². The Morgan fingerprint density at radius 3 is 2.82 bits per heavy atom. The average molecular weight is 528 g/mol. The number of para-hydroxylation sites is 2. The highest BCUT2D eigenvalue weighted by atomic mass is 16.5. The number of hydrogen-bond acceptors (Lipinski definition) is 9. The van der Waals surface area contributed by atoms with E-state index < -0.39 is 6.04 Å². The maximum absolute atomic E-state index is 12.0. The number of hydrogen-bond donors (Lipinski definition) is 4. The molecule has 1 saturated heterocycles. The van der Waals surface area contributed by atoms with E-state index in [-0.39, 0.29) is 6.04 Å². The second-order valence-corrected chi connectivity index (χ2v) is 9.99. The molecule has 0 bridgehead atoms. The maximum atomic E-state index is 12.0. The topological polar surface area (TPSA) is 117 Å². The fourth-order valence-corrected chi connectivity index (χ4v) is 5.03. The van der Waals surface area contributed by atoms with E-state index >= 15 is 0 Å². The van der Waals surface area contributed by atoms with Gasteiger partial charge in [0.25, 0.3) is 0 Å². The Balaban J connectivity index is 1.47. The lowest BCUT2D eigenvalue weighted by molar-refractivity contribution is -0.109. The number of aromatic nitrogens is 2. The van der Waals surface area contributed by atoms with Crippen molar-refractivity contribution in [3.63, 3.8) is 0 Å². The molecule has 5 rings (SSSR count). The predicted molar refractivity (Wildman–Crippen MR) is 157 cm³/mol. The third kappa shape index (κ3) is 6.31. The molecule has 9 nitrogen and oxygen atoms in total. The summed E-state index contributed by atoms with van der Waals surface area (Å²) in [4.78, 5) is 23.6. The first-order chi connectivity index (χ1) is 19.2. The van der Waals surface area contributed by atoms with Gasteiger partial charge in [-0.2, -0.15) is 0 Å². The molecule has 0 radical (unpaired) electrons. The van der Waals surface area contributed by atoms with E-state index in [9.17, 15) is 4.79 Å². The third-order valence-corrected chi connectivity index (χ3v) is 7.16. The molecule has 0 saturated carbocycles. The van der Waals surface area contributed by atoms with Gasteiger partial charge in [0, 0.05) is 30.9 Å². The number of aldehydes is 1. The van der Waals surface area contributed by atoms with Gasteiger partial charge in [0.1, 0.15) is 29.7 Å². The Kier molecular flexibility index (Phi) is 8.58. The van der Waals surface area contributed by atoms with Gasteiger partial charge in [-0.3, -0.25) is 4.98 Å². The van der Waals surface area contributed by atoms with Crippen LogP contribution in [0.2, 0.25) is 0 Å². The molecule has 2 aliphatic heterocycles. The molecule has 1 fully saturated rings. The minimum Gasteiger partial charge on any atom is -0.491 e. The van der Waals surface area contributed by atoms with Crippen LogP contribution in [0.1, 0.15) is 56.2 Å². The van der Waals surface area contributed by atoms with Gasteiger partial charge in [-0.25, -0.2) is 4.98 Å². The molecule has 5 N–H and O–H groups in total. The van der Waals surface area contributed by atoms with Crippen LogP contribution < -0.4 is 31.3 Å². The number of pyridine rings is 2. The average Bonchev–Trinajstić information content (AvgIpc) is 2.96. The quantitative estimate of drug-likeness (QED) is 0.195. The highest BCUT2D eigenvalue weighted by molar-refractivity contribution is 5.81. The normalized spacial score (nSPS) is 16.8. The fraction of sp³-hybridized carbons (Fsp3) is 0.367. The number of benzene rings is 1. The number of nitrogens with zero attached hydrogens (tertiary/aromatic N) is 3. The van der Waals surface area contributed by atoms with Crippen LogP contribution in [-0.4, -0.2) is 42.0 Å². The minimum absolute atomic E-state index is 0.250. The van der Waals surface area contributed by atoms with Crippen LogP contribution in [0.4, 0.5) is 28.7 Å². The van der Waals surface area contributed by atoms with Crippen LogP contribution >= 0.6 is 0 Å². The Hall–Kier alpha value is -4.11. The molecule has 2 aromatic heterocycles. The van der Waals surface area contributed by atoms with Crippen LogP contribution in [0.5, 0.6) is 5.75 Å². The SMILES string of the molecule is CCCCCOc1ccccc1Nc1nc(Nc2cnccc2N2CCC(N)CC2)cc2c1C(C=O)NC=C2. The molecule has 39 heavy (non-hydrogen) atoms. The lowest BCUT2D eigenvalue weighted by Gasteiger charge is -2.33. The highest BCUT2D eigenvalue weighted by Crippen LogP contribution is 2.37. The summed E-state index contributed by atoms with van der Waals surface area (Å²) >= 11 is 0. The molecular weight excluding hydrogens is 490 g/mol. The fourth-order valence-electron chi connectivity index (χ4n) is 5.03. The zero-order chi connectivity index (χ0) is 27.0. The number of nitrogens with one attached hydrogen (secondary N) is 3. The molecule has 1 unspecified atom stereocenters. The lowest BCUT2D eigenvalue weighted by atomic mass is 9.99. The number of fused-ring (bicyclic) bond motifs is 1. The minimum atomic E-state index is -0.516. The second-order valence-electron chi connectivity index (χ2n) is 9.99. The van der Waals surface area contributed by atoms with Crippen molar-refractivity contribution < 1.29 is 9.53 Å². The van der Waals surface area contributed by atoms with E-state index in [1.54, 1.807) is 6.20 Å². The molecule has 0 aliphatic carbocycles. The lowest BCUT2D eigenvalue weighted by Crippen LogP contribution is -2.39. The smallest absolute Gasteiger partial charge is 0.146 e. The molecule has 9 heteroatoms. The predicted octanol–water partition coefficient (Wildman–Crippen LogP) is 5.27. The van der Waals surface area contributed by atoms with Crippen LogP contribution in [0, 0.1) is 0 Å². The number of carbonyl (C=O) groups excluding carboxylic acids is 1. The van der Waals surface area contributed by atoms with Crippen LogP contribution in [0.15, 0.2) is 55.0 Å². The molecular formula is C30H37N7O2. The summed E-state index contributed by atoms with van der Waals surface area (Å²) in [5.74, 6) is 1.99. The van der Waals surface area contributed by atoms with Crippen molar-refractivity contribution in [1.82, 2.24) is 15.3 Å². The summed E-state index contributed by atoms with van der Waals surface area (Å²) in [6, 6.07) is 11.5. The summed E-state index contributed by atoms with van der Waals surface area (Å²) in [6.07, 6.45) is 13.4. The van der Waals surface area contributed by atoms with Crippen molar-refractivity contribution in [3.8, 4) is 5.75 Å². The number of anilines is 5. The van der Waals surface area contributed by atoms with Crippen molar-refractivity contribution in [1.29, 1.82) is 0 Å². The Bertz CT molecular complexity index is 1300. The van der Waals surface area contributed by atoms with Crippen molar-refractivity contribution in [2.45, 2.75) is 51.1 Å². The molecule has 0 spiro atoms. The van der Waals surface area contributed by atoms with E-state index in [1.165, 1.54) is 0 Å². The first-order valence-electron chi connectivity index (χ1n) is 13.8. The largest absolute Gasteiger partial charge is 0.491 e. The van der Waals surface area contributed by atoms with Crippen LogP contribution in [0.3, 0.4) is 0 Å². The summed E-state index contributed by atoms with van der Waals surface area (Å²) in [6.45, 7) is 4.61. The van der Waals surface area contributed by atoms with Gasteiger partial charge < -0.3 is 36.1 Å². The molecule has 0 amide bonds. The third-order valence-electron chi connectivity index (χ3n) is 7.16. The van der Waals surface area contributed by atoms with E-state index in [2.05, 4.69) is 32.8 Å². The first-order valence-corrected chi connectivity index (χ1v) is 13.8. The highest BCUT2D eigenvalue weighted by Gasteiger charge is 2.24. The molecule has 4 heterocycles. The summed E-state index contributed by atoms with van der Waals surface area (Å²) < 4.78 is 6.10. The molecule has 1 aromatic carbocycles. The summed E-state index contributed by atoms with van der Waals surface area (Å²) in [7, 11) is 0. The molecule has 3 aromatic rings. The number of ether oxygens (including phenoxy) is 1. The maximum Gasteiger partial charge on any atom is 0.146 e. The zero-order valence-corrected chi connectivity index (χ0v) is 22.4.